The van der Waals surface area contributed by atoms with Crippen molar-refractivity contribution in [2.75, 3.05) is 0 Å². The SMILES string of the molecule is Cc1nnsc1C(=O)NC1CCC(n2nc(C3CC3)ccc2=O)CC1. The van der Waals surface area contributed by atoms with Gasteiger partial charge in [-0.05, 0) is 63.0 Å². The number of carbonyl (C=O) groups excluding carboxylic acids is 1. The van der Waals surface area contributed by atoms with E-state index in [1.54, 1.807) is 17.7 Å². The van der Waals surface area contributed by atoms with E-state index in [-0.39, 0.29) is 23.6 Å². The lowest BCUT2D eigenvalue weighted by Gasteiger charge is -2.29. The van der Waals surface area contributed by atoms with Gasteiger partial charge in [0.15, 0.2) is 0 Å². The Bertz CT molecular complexity index is 834. The lowest BCUT2D eigenvalue weighted by Crippen LogP contribution is -2.39. The van der Waals surface area contributed by atoms with Gasteiger partial charge in [-0.2, -0.15) is 5.10 Å². The Kier molecular flexibility index (Phi) is 4.37. The normalized spacial score (nSPS) is 23.4. The summed E-state index contributed by atoms with van der Waals surface area (Å²) in [6.45, 7) is 1.79. The molecule has 0 spiro atoms. The minimum atomic E-state index is -0.0954. The molecule has 0 radical (unpaired) electrons. The molecule has 2 aromatic heterocycles. The van der Waals surface area contributed by atoms with Gasteiger partial charge in [0, 0.05) is 18.0 Å². The van der Waals surface area contributed by atoms with E-state index in [4.69, 9.17) is 0 Å². The van der Waals surface area contributed by atoms with Gasteiger partial charge in [-0.15, -0.1) is 5.10 Å². The highest BCUT2D eigenvalue weighted by atomic mass is 32.1. The highest BCUT2D eigenvalue weighted by Crippen LogP contribution is 2.38. The van der Waals surface area contributed by atoms with Crippen molar-refractivity contribution >= 4 is 17.4 Å². The van der Waals surface area contributed by atoms with Gasteiger partial charge >= 0.3 is 0 Å². The average molecular weight is 359 g/mol. The quantitative estimate of drug-likeness (QED) is 0.904. The number of nitrogens with one attached hydrogen (secondary N) is 1. The van der Waals surface area contributed by atoms with Gasteiger partial charge in [0.1, 0.15) is 4.88 Å². The maximum atomic E-state index is 12.3. The van der Waals surface area contributed by atoms with E-state index in [2.05, 4.69) is 20.0 Å². The minimum absolute atomic E-state index is 0.0248. The molecular formula is C17H21N5O2S. The van der Waals surface area contributed by atoms with Crippen LogP contribution in [-0.2, 0) is 0 Å². The monoisotopic (exact) mass is 359 g/mol. The number of rotatable bonds is 4. The number of hydrogen-bond acceptors (Lipinski definition) is 6. The molecule has 0 unspecified atom stereocenters. The van der Waals surface area contributed by atoms with E-state index in [0.29, 0.717) is 16.5 Å². The van der Waals surface area contributed by atoms with Gasteiger partial charge in [0.25, 0.3) is 11.5 Å². The first-order valence-corrected chi connectivity index (χ1v) is 9.58. The highest BCUT2D eigenvalue weighted by molar-refractivity contribution is 7.08. The van der Waals surface area contributed by atoms with Crippen LogP contribution in [0.1, 0.15) is 71.5 Å². The summed E-state index contributed by atoms with van der Waals surface area (Å²) in [6.07, 6.45) is 5.76. The molecule has 2 heterocycles. The second-order valence-corrected chi connectivity index (χ2v) is 7.74. The Labute approximate surface area is 149 Å². The molecular weight excluding hydrogens is 338 g/mol. The molecule has 1 N–H and O–H groups in total. The molecule has 0 bridgehead atoms. The number of nitrogens with zero attached hydrogens (tertiary/aromatic N) is 4. The largest absolute Gasteiger partial charge is 0.348 e. The van der Waals surface area contributed by atoms with Crippen LogP contribution >= 0.6 is 11.5 Å². The van der Waals surface area contributed by atoms with Crippen molar-refractivity contribution in [3.05, 3.63) is 38.8 Å². The zero-order chi connectivity index (χ0) is 17.4. The van der Waals surface area contributed by atoms with Crippen molar-refractivity contribution in [3.63, 3.8) is 0 Å². The number of carbonyl (C=O) groups is 1. The molecule has 2 fully saturated rings. The van der Waals surface area contributed by atoms with Crippen LogP contribution < -0.4 is 10.9 Å². The molecule has 1 amide bonds. The molecule has 25 heavy (non-hydrogen) atoms. The topological polar surface area (TPSA) is 89.8 Å². The molecule has 2 aromatic rings. The van der Waals surface area contributed by atoms with Gasteiger partial charge in [-0.1, -0.05) is 4.49 Å². The molecule has 2 saturated carbocycles. The number of aryl methyl sites for hydroxylation is 1. The minimum Gasteiger partial charge on any atom is -0.348 e. The van der Waals surface area contributed by atoms with E-state index >= 15 is 0 Å². The van der Waals surface area contributed by atoms with Crippen LogP contribution in [0.3, 0.4) is 0 Å². The molecule has 8 heteroatoms. The molecule has 2 aliphatic carbocycles. The van der Waals surface area contributed by atoms with E-state index in [1.165, 1.54) is 12.8 Å². The van der Waals surface area contributed by atoms with E-state index in [9.17, 15) is 9.59 Å². The average Bonchev–Trinajstić information content (AvgIpc) is 3.37. The summed E-state index contributed by atoms with van der Waals surface area (Å²) >= 11 is 1.13. The lowest BCUT2D eigenvalue weighted by molar-refractivity contribution is 0.0924. The van der Waals surface area contributed by atoms with Crippen LogP contribution in [0.15, 0.2) is 16.9 Å². The molecule has 0 aromatic carbocycles. The summed E-state index contributed by atoms with van der Waals surface area (Å²) in [5.41, 5.74) is 1.69. The van der Waals surface area contributed by atoms with Crippen LogP contribution in [-0.4, -0.2) is 31.3 Å². The molecule has 2 aliphatic rings. The molecule has 0 atom stereocenters. The fourth-order valence-corrected chi connectivity index (χ4v) is 4.01. The Morgan fingerprint density at radius 2 is 1.96 bits per heavy atom. The maximum Gasteiger partial charge on any atom is 0.267 e. The number of amides is 1. The van der Waals surface area contributed by atoms with Crippen molar-refractivity contribution < 1.29 is 4.79 Å². The highest BCUT2D eigenvalue weighted by Gasteiger charge is 2.29. The van der Waals surface area contributed by atoms with E-state index in [1.807, 2.05) is 6.07 Å². The number of hydrogen-bond donors (Lipinski definition) is 1. The fraction of sp³-hybridized carbons (Fsp3) is 0.588. The van der Waals surface area contributed by atoms with Crippen LogP contribution in [0.4, 0.5) is 0 Å². The fourth-order valence-electron chi connectivity index (χ4n) is 3.45. The first-order chi connectivity index (χ1) is 12.1. The van der Waals surface area contributed by atoms with Gasteiger partial charge in [0.2, 0.25) is 0 Å². The van der Waals surface area contributed by atoms with Gasteiger partial charge in [-0.25, -0.2) is 4.68 Å². The second kappa shape index (κ2) is 6.67. The Balaban J connectivity index is 1.38. The summed E-state index contributed by atoms with van der Waals surface area (Å²) in [4.78, 5) is 25.0. The van der Waals surface area contributed by atoms with Crippen molar-refractivity contribution in [1.82, 2.24) is 24.7 Å². The molecule has 0 aliphatic heterocycles. The van der Waals surface area contributed by atoms with Gasteiger partial charge in [-0.3, -0.25) is 9.59 Å². The molecule has 132 valence electrons. The summed E-state index contributed by atoms with van der Waals surface area (Å²) in [6, 6.07) is 3.78. The Morgan fingerprint density at radius 3 is 2.60 bits per heavy atom. The first-order valence-electron chi connectivity index (χ1n) is 8.81. The maximum absolute atomic E-state index is 12.3. The summed E-state index contributed by atoms with van der Waals surface area (Å²) in [5, 5.41) is 11.6. The van der Waals surface area contributed by atoms with Crippen molar-refractivity contribution in [2.45, 2.75) is 63.5 Å². The van der Waals surface area contributed by atoms with Crippen molar-refractivity contribution in [3.8, 4) is 0 Å². The Hall–Kier alpha value is -2.09. The second-order valence-electron chi connectivity index (χ2n) is 6.98. The van der Waals surface area contributed by atoms with Crippen LogP contribution in [0.25, 0.3) is 0 Å². The third-order valence-electron chi connectivity index (χ3n) is 5.08. The van der Waals surface area contributed by atoms with Crippen LogP contribution in [0.5, 0.6) is 0 Å². The predicted octanol–water partition coefficient (Wildman–Crippen LogP) is 2.19. The van der Waals surface area contributed by atoms with Crippen molar-refractivity contribution in [1.29, 1.82) is 0 Å². The van der Waals surface area contributed by atoms with Crippen LogP contribution in [0.2, 0.25) is 0 Å². The smallest absolute Gasteiger partial charge is 0.267 e. The van der Waals surface area contributed by atoms with Gasteiger partial charge in [0.05, 0.1) is 17.4 Å². The zero-order valence-electron chi connectivity index (χ0n) is 14.1. The molecule has 0 saturated heterocycles. The summed E-state index contributed by atoms with van der Waals surface area (Å²) in [7, 11) is 0. The summed E-state index contributed by atoms with van der Waals surface area (Å²) in [5.74, 6) is 0.445. The first kappa shape index (κ1) is 16.4. The van der Waals surface area contributed by atoms with E-state index in [0.717, 1.165) is 42.9 Å². The molecule has 4 rings (SSSR count). The van der Waals surface area contributed by atoms with Gasteiger partial charge < -0.3 is 5.32 Å². The zero-order valence-corrected chi connectivity index (χ0v) is 15.0. The lowest BCUT2D eigenvalue weighted by atomic mass is 9.91. The molecule has 7 nitrogen and oxygen atoms in total. The standard InChI is InChI=1S/C17H21N5O2S/c1-10-16(25-21-19-10)17(24)18-12-4-6-13(7-5-12)22-15(23)9-8-14(20-22)11-2-3-11/h8-9,11-13H,2-7H2,1H3,(H,18,24). The number of aromatic nitrogens is 4. The van der Waals surface area contributed by atoms with Crippen LogP contribution in [0, 0.1) is 6.92 Å². The summed E-state index contributed by atoms with van der Waals surface area (Å²) < 4.78 is 5.48. The third-order valence-corrected chi connectivity index (χ3v) is 5.90. The van der Waals surface area contributed by atoms with Crippen molar-refractivity contribution in [2.24, 2.45) is 0 Å². The third kappa shape index (κ3) is 3.49. The van der Waals surface area contributed by atoms with E-state index < -0.39 is 0 Å². The predicted molar refractivity (Wildman–Crippen MR) is 93.9 cm³/mol. The Morgan fingerprint density at radius 1 is 1.20 bits per heavy atom.